The Labute approximate surface area is 178 Å². The van der Waals surface area contributed by atoms with Gasteiger partial charge >= 0.3 is 12.2 Å². The van der Waals surface area contributed by atoms with Gasteiger partial charge in [-0.25, -0.2) is 9.59 Å². The van der Waals surface area contributed by atoms with Gasteiger partial charge in [0, 0.05) is 22.5 Å². The Bertz CT molecular complexity index is 837. The summed E-state index contributed by atoms with van der Waals surface area (Å²) in [6.45, 7) is 0.147. The fourth-order valence-corrected chi connectivity index (χ4v) is 2.96. The van der Waals surface area contributed by atoms with Gasteiger partial charge in [0.25, 0.3) is 0 Å². The number of anilines is 2. The molecule has 2 atom stereocenters. The molecule has 2 amide bonds. The van der Waals surface area contributed by atoms with Crippen molar-refractivity contribution in [3.05, 3.63) is 59.7 Å². The van der Waals surface area contributed by atoms with Crippen LogP contribution < -0.4 is 10.6 Å². The van der Waals surface area contributed by atoms with Crippen LogP contribution in [0.1, 0.15) is 33.6 Å². The van der Waals surface area contributed by atoms with Crippen molar-refractivity contribution in [3.63, 3.8) is 0 Å². The highest BCUT2D eigenvalue weighted by Crippen LogP contribution is 2.21. The Morgan fingerprint density at radius 1 is 0.774 bits per heavy atom. The van der Waals surface area contributed by atoms with E-state index >= 15 is 0 Å². The maximum absolute atomic E-state index is 11.9. The van der Waals surface area contributed by atoms with E-state index in [1.165, 1.54) is 0 Å². The molecule has 0 aliphatic carbocycles. The molecule has 3 rings (SSSR count). The van der Waals surface area contributed by atoms with E-state index in [1.807, 2.05) is 0 Å². The van der Waals surface area contributed by atoms with E-state index in [2.05, 4.69) is 10.6 Å². The molecule has 162 valence electrons. The van der Waals surface area contributed by atoms with Gasteiger partial charge in [-0.3, -0.25) is 20.2 Å². The average molecular weight is 426 g/mol. The zero-order valence-electron chi connectivity index (χ0n) is 16.6. The Kier molecular flexibility index (Phi) is 7.72. The second-order valence-corrected chi connectivity index (χ2v) is 6.88. The molecule has 0 radical (unpaired) electrons. The van der Waals surface area contributed by atoms with Crippen LogP contribution in [0.3, 0.4) is 0 Å². The Balaban J connectivity index is 1.33. The minimum atomic E-state index is -0.623. The molecule has 31 heavy (non-hydrogen) atoms. The second kappa shape index (κ2) is 10.9. The number of nitrogens with one attached hydrogen (secondary N) is 2. The zero-order chi connectivity index (χ0) is 22.1. The van der Waals surface area contributed by atoms with E-state index in [0.717, 1.165) is 12.6 Å². The van der Waals surface area contributed by atoms with Crippen LogP contribution in [0.5, 0.6) is 0 Å². The summed E-state index contributed by atoms with van der Waals surface area (Å²) in [6.07, 6.45) is 0.967. The molecule has 2 aromatic rings. The molecule has 2 aromatic carbocycles. The molecule has 1 fully saturated rings. The van der Waals surface area contributed by atoms with Crippen LogP contribution >= 0.6 is 0 Å². The topological polar surface area (TPSA) is 120 Å². The van der Waals surface area contributed by atoms with Gasteiger partial charge in [0.1, 0.15) is 25.8 Å². The monoisotopic (exact) mass is 426 g/mol. The predicted molar refractivity (Wildman–Crippen MR) is 111 cm³/mol. The van der Waals surface area contributed by atoms with E-state index in [-0.39, 0.29) is 25.4 Å². The third-order valence-corrected chi connectivity index (χ3v) is 4.58. The second-order valence-electron chi connectivity index (χ2n) is 6.88. The summed E-state index contributed by atoms with van der Waals surface area (Å²) in [7, 11) is 0. The van der Waals surface area contributed by atoms with E-state index < -0.39 is 12.2 Å². The van der Waals surface area contributed by atoms with E-state index in [1.54, 1.807) is 48.5 Å². The molecule has 9 heteroatoms. The first-order valence-corrected chi connectivity index (χ1v) is 9.69. The number of amides is 2. The zero-order valence-corrected chi connectivity index (χ0v) is 16.6. The lowest BCUT2D eigenvalue weighted by molar-refractivity contribution is -0.0167. The van der Waals surface area contributed by atoms with Gasteiger partial charge in [-0.1, -0.05) is 0 Å². The maximum atomic E-state index is 11.9. The highest BCUT2D eigenvalue weighted by atomic mass is 16.6. The number of carbonyl (C=O) groups is 4. The van der Waals surface area contributed by atoms with Crippen molar-refractivity contribution in [2.75, 3.05) is 23.8 Å². The van der Waals surface area contributed by atoms with Crippen molar-refractivity contribution in [2.24, 2.45) is 0 Å². The first-order valence-electron chi connectivity index (χ1n) is 9.69. The third-order valence-electron chi connectivity index (χ3n) is 4.58. The predicted octanol–water partition coefficient (Wildman–Crippen LogP) is 3.66. The lowest BCUT2D eigenvalue weighted by Gasteiger charge is -2.15. The lowest BCUT2D eigenvalue weighted by atomic mass is 10.2. The minimum Gasteiger partial charge on any atom is -0.447 e. The molecular weight excluding hydrogens is 404 g/mol. The largest absolute Gasteiger partial charge is 0.447 e. The highest BCUT2D eigenvalue weighted by Gasteiger charge is 2.27. The number of ether oxygens (including phenoxy) is 3. The van der Waals surface area contributed by atoms with Crippen LogP contribution in [-0.2, 0) is 14.2 Å². The minimum absolute atomic E-state index is 0.0734. The first kappa shape index (κ1) is 22.0. The lowest BCUT2D eigenvalue weighted by Crippen LogP contribution is -2.25. The smallest absolute Gasteiger partial charge is 0.411 e. The molecule has 1 heterocycles. The van der Waals surface area contributed by atoms with Gasteiger partial charge in [-0.05, 0) is 61.4 Å². The van der Waals surface area contributed by atoms with Crippen molar-refractivity contribution in [1.29, 1.82) is 0 Å². The molecular formula is C22H22N2O7. The number of hydrogen-bond acceptors (Lipinski definition) is 7. The van der Waals surface area contributed by atoms with Gasteiger partial charge in [0.2, 0.25) is 0 Å². The van der Waals surface area contributed by atoms with Crippen LogP contribution in [0.4, 0.5) is 21.0 Å². The molecule has 0 saturated carbocycles. The fourth-order valence-electron chi connectivity index (χ4n) is 2.96. The van der Waals surface area contributed by atoms with Gasteiger partial charge < -0.3 is 14.2 Å². The van der Waals surface area contributed by atoms with Gasteiger partial charge in [-0.15, -0.1) is 0 Å². The molecule has 1 saturated heterocycles. The molecule has 2 N–H and O–H groups in total. The normalized spacial score (nSPS) is 17.4. The summed E-state index contributed by atoms with van der Waals surface area (Å²) in [5.41, 5.74) is 2.05. The molecule has 0 aromatic heterocycles. The SMILES string of the molecule is O=Cc1ccc(NC(=O)OC[C@@H]2CC[C@@H](COC(=O)Nc3ccc(C=O)cc3)O2)cc1. The van der Waals surface area contributed by atoms with Crippen molar-refractivity contribution < 1.29 is 33.4 Å². The summed E-state index contributed by atoms with van der Waals surface area (Å²) >= 11 is 0. The van der Waals surface area contributed by atoms with Crippen molar-refractivity contribution in [2.45, 2.75) is 25.0 Å². The molecule has 1 aliphatic heterocycles. The number of rotatable bonds is 8. The highest BCUT2D eigenvalue weighted by molar-refractivity contribution is 5.86. The third kappa shape index (κ3) is 6.93. The molecule has 0 spiro atoms. The van der Waals surface area contributed by atoms with E-state index in [0.29, 0.717) is 35.3 Å². The van der Waals surface area contributed by atoms with Crippen molar-refractivity contribution >= 4 is 36.1 Å². The Morgan fingerprint density at radius 2 is 1.16 bits per heavy atom. The Morgan fingerprint density at radius 3 is 1.52 bits per heavy atom. The average Bonchev–Trinajstić information content (AvgIpc) is 3.25. The summed E-state index contributed by atoms with van der Waals surface area (Å²) in [4.78, 5) is 45.0. The molecule has 1 aliphatic rings. The first-order chi connectivity index (χ1) is 15.1. The quantitative estimate of drug-likeness (QED) is 0.618. The van der Waals surface area contributed by atoms with Gasteiger partial charge in [0.15, 0.2) is 0 Å². The number of hydrogen-bond donors (Lipinski definition) is 2. The maximum Gasteiger partial charge on any atom is 0.411 e. The van der Waals surface area contributed by atoms with Crippen LogP contribution in [0.15, 0.2) is 48.5 Å². The standard InChI is InChI=1S/C22H22N2O7/c25-11-15-1-5-17(6-2-15)23-21(27)29-13-19-9-10-20(31-19)14-30-22(28)24-18-7-3-16(12-26)4-8-18/h1-8,11-12,19-20H,9-10,13-14H2,(H,23,27)(H,24,28)/t19-,20-/m0/s1. The molecule has 0 unspecified atom stereocenters. The van der Waals surface area contributed by atoms with Crippen LogP contribution in [0, 0.1) is 0 Å². The Hall–Kier alpha value is -3.72. The summed E-state index contributed by atoms with van der Waals surface area (Å²) in [5.74, 6) is 0. The van der Waals surface area contributed by atoms with Gasteiger partial charge in [-0.2, -0.15) is 0 Å². The van der Waals surface area contributed by atoms with Crippen LogP contribution in [-0.4, -0.2) is 50.2 Å². The van der Waals surface area contributed by atoms with Gasteiger partial charge in [0.05, 0.1) is 12.2 Å². The summed E-state index contributed by atoms with van der Waals surface area (Å²) < 4.78 is 16.1. The fraction of sp³-hybridized carbons (Fsp3) is 0.273. The van der Waals surface area contributed by atoms with Crippen molar-refractivity contribution in [3.8, 4) is 0 Å². The van der Waals surface area contributed by atoms with Crippen molar-refractivity contribution in [1.82, 2.24) is 0 Å². The number of carbonyl (C=O) groups excluding carboxylic acids is 4. The molecule has 0 bridgehead atoms. The van der Waals surface area contributed by atoms with Crippen LogP contribution in [0.2, 0.25) is 0 Å². The summed E-state index contributed by atoms with van der Waals surface area (Å²) in [5, 5.41) is 5.14. The molecule has 9 nitrogen and oxygen atoms in total. The number of benzene rings is 2. The number of aldehydes is 2. The van der Waals surface area contributed by atoms with E-state index in [4.69, 9.17) is 14.2 Å². The summed E-state index contributed by atoms with van der Waals surface area (Å²) in [6, 6.07) is 12.8. The van der Waals surface area contributed by atoms with E-state index in [9.17, 15) is 19.2 Å². The van der Waals surface area contributed by atoms with Crippen LogP contribution in [0.25, 0.3) is 0 Å².